The fraction of sp³-hybridized carbons (Fsp3) is 0.379. The third kappa shape index (κ3) is 5.43. The van der Waals surface area contributed by atoms with Gasteiger partial charge in [-0.2, -0.15) is 0 Å². The van der Waals surface area contributed by atoms with E-state index in [9.17, 15) is 14.7 Å². The SMILES string of the molecule is CN(CCCn1ccc2cc(C=O)ccc21)C1CCC(OC(=O)C(O)(c2cccs2)c2cccs2)CC1. The van der Waals surface area contributed by atoms with Gasteiger partial charge in [-0.1, -0.05) is 12.1 Å². The van der Waals surface area contributed by atoms with Crippen LogP contribution in [0.2, 0.25) is 0 Å². The largest absolute Gasteiger partial charge is 0.460 e. The quantitative estimate of drug-likeness (QED) is 0.208. The van der Waals surface area contributed by atoms with Crippen molar-refractivity contribution in [3.8, 4) is 0 Å². The maximum Gasteiger partial charge on any atom is 0.349 e. The molecule has 1 saturated carbocycles. The minimum atomic E-state index is -1.74. The van der Waals surface area contributed by atoms with Crippen molar-refractivity contribution in [3.63, 3.8) is 0 Å². The topological polar surface area (TPSA) is 71.8 Å². The molecule has 1 aliphatic rings. The van der Waals surface area contributed by atoms with Crippen molar-refractivity contribution < 1.29 is 19.4 Å². The number of carbonyl (C=O) groups excluding carboxylic acids is 2. The second-order valence-corrected chi connectivity index (χ2v) is 11.7. The molecule has 1 aromatic carbocycles. The molecule has 0 atom stereocenters. The van der Waals surface area contributed by atoms with E-state index in [4.69, 9.17) is 4.74 Å². The van der Waals surface area contributed by atoms with Gasteiger partial charge in [0.2, 0.25) is 5.60 Å². The van der Waals surface area contributed by atoms with E-state index in [1.807, 2.05) is 41.1 Å². The lowest BCUT2D eigenvalue weighted by atomic mass is 9.91. The molecule has 0 saturated heterocycles. The summed E-state index contributed by atoms with van der Waals surface area (Å²) in [6.45, 7) is 1.91. The Hall–Kier alpha value is -2.78. The number of aldehydes is 1. The maximum atomic E-state index is 13.2. The van der Waals surface area contributed by atoms with Crippen molar-refractivity contribution in [2.45, 2.75) is 56.4 Å². The summed E-state index contributed by atoms with van der Waals surface area (Å²) in [4.78, 5) is 27.9. The third-order valence-corrected chi connectivity index (χ3v) is 9.39. The van der Waals surface area contributed by atoms with Crippen LogP contribution in [0.5, 0.6) is 0 Å². The van der Waals surface area contributed by atoms with Crippen molar-refractivity contribution in [2.24, 2.45) is 0 Å². The van der Waals surface area contributed by atoms with Gasteiger partial charge in [0.05, 0.1) is 9.75 Å². The summed E-state index contributed by atoms with van der Waals surface area (Å²) in [6, 6.07) is 15.6. The number of hydrogen-bond acceptors (Lipinski definition) is 7. The van der Waals surface area contributed by atoms with Gasteiger partial charge in [0.1, 0.15) is 12.4 Å². The Morgan fingerprint density at radius 2 is 1.81 bits per heavy atom. The van der Waals surface area contributed by atoms with E-state index in [-0.39, 0.29) is 6.10 Å². The van der Waals surface area contributed by atoms with Gasteiger partial charge in [0.15, 0.2) is 0 Å². The van der Waals surface area contributed by atoms with E-state index in [2.05, 4.69) is 28.8 Å². The molecule has 1 aliphatic carbocycles. The fourth-order valence-electron chi connectivity index (χ4n) is 5.29. The first-order valence-corrected chi connectivity index (χ1v) is 14.5. The number of benzene rings is 1. The highest BCUT2D eigenvalue weighted by molar-refractivity contribution is 7.12. The minimum Gasteiger partial charge on any atom is -0.460 e. The van der Waals surface area contributed by atoms with E-state index < -0.39 is 11.6 Å². The molecule has 0 radical (unpaired) electrons. The van der Waals surface area contributed by atoms with Crippen LogP contribution in [0.1, 0.15) is 52.2 Å². The van der Waals surface area contributed by atoms with E-state index in [1.165, 1.54) is 22.7 Å². The number of aromatic nitrogens is 1. The minimum absolute atomic E-state index is 0.175. The van der Waals surface area contributed by atoms with Crippen molar-refractivity contribution >= 4 is 45.8 Å². The highest BCUT2D eigenvalue weighted by Crippen LogP contribution is 2.38. The van der Waals surface area contributed by atoms with Crippen molar-refractivity contribution in [1.82, 2.24) is 9.47 Å². The summed E-state index contributed by atoms with van der Waals surface area (Å²) >= 11 is 2.73. The first-order valence-electron chi connectivity index (χ1n) is 12.7. The first kappa shape index (κ1) is 25.9. The van der Waals surface area contributed by atoms with Gasteiger partial charge in [0.25, 0.3) is 0 Å². The standard InChI is InChI=1S/C29H32N2O4S2/c1-30(14-4-15-31-16-13-22-19-21(20-32)7-12-25(22)31)23-8-10-24(11-9-23)35-28(33)29(34,26-5-2-17-36-26)27-6-3-18-37-27/h2-3,5-7,12-13,16-20,23-24,34H,4,8-11,14-15H2,1H3. The molecule has 5 rings (SSSR count). The molecule has 3 aromatic heterocycles. The van der Waals surface area contributed by atoms with E-state index in [0.717, 1.165) is 62.4 Å². The number of esters is 1. The Kier molecular flexibility index (Phi) is 7.90. The van der Waals surface area contributed by atoms with Gasteiger partial charge < -0.3 is 19.3 Å². The van der Waals surface area contributed by atoms with Crippen LogP contribution in [-0.2, 0) is 21.7 Å². The molecular formula is C29H32N2O4S2. The number of ether oxygens (including phenoxy) is 1. The molecule has 0 unspecified atom stereocenters. The first-order chi connectivity index (χ1) is 18.0. The fourth-order valence-corrected chi connectivity index (χ4v) is 7.01. The summed E-state index contributed by atoms with van der Waals surface area (Å²) in [7, 11) is 2.17. The highest BCUT2D eigenvalue weighted by Gasteiger charge is 2.45. The van der Waals surface area contributed by atoms with Gasteiger partial charge in [-0.05, 0) is 92.9 Å². The van der Waals surface area contributed by atoms with Crippen LogP contribution >= 0.6 is 22.7 Å². The predicted molar refractivity (Wildman–Crippen MR) is 148 cm³/mol. The van der Waals surface area contributed by atoms with Gasteiger partial charge >= 0.3 is 5.97 Å². The number of nitrogens with zero attached hydrogens (tertiary/aromatic N) is 2. The molecular weight excluding hydrogens is 504 g/mol. The Morgan fingerprint density at radius 3 is 2.43 bits per heavy atom. The average Bonchev–Trinajstić information content (AvgIpc) is 3.71. The van der Waals surface area contributed by atoms with Crippen molar-refractivity contribution in [2.75, 3.05) is 13.6 Å². The number of aliphatic hydroxyl groups is 1. The zero-order valence-corrected chi connectivity index (χ0v) is 22.5. The molecule has 6 nitrogen and oxygen atoms in total. The number of carbonyl (C=O) groups is 2. The number of thiophene rings is 2. The molecule has 37 heavy (non-hydrogen) atoms. The number of fused-ring (bicyclic) bond motifs is 1. The average molecular weight is 537 g/mol. The summed E-state index contributed by atoms with van der Waals surface area (Å²) in [5, 5.41) is 16.3. The smallest absolute Gasteiger partial charge is 0.349 e. The molecule has 0 amide bonds. The van der Waals surface area contributed by atoms with Gasteiger partial charge in [-0.3, -0.25) is 4.79 Å². The number of aryl methyl sites for hydroxylation is 1. The van der Waals surface area contributed by atoms with Crippen LogP contribution in [-0.4, -0.2) is 52.6 Å². The molecule has 194 valence electrons. The van der Waals surface area contributed by atoms with E-state index in [1.54, 1.807) is 12.1 Å². The molecule has 0 aliphatic heterocycles. The van der Waals surface area contributed by atoms with E-state index in [0.29, 0.717) is 21.4 Å². The van der Waals surface area contributed by atoms with Crippen LogP contribution in [0.3, 0.4) is 0 Å². The lowest BCUT2D eigenvalue weighted by Crippen LogP contribution is -2.42. The van der Waals surface area contributed by atoms with Crippen LogP contribution in [0.4, 0.5) is 0 Å². The number of hydrogen-bond donors (Lipinski definition) is 1. The van der Waals surface area contributed by atoms with Crippen molar-refractivity contribution in [3.05, 3.63) is 80.8 Å². The monoisotopic (exact) mass is 536 g/mol. The molecule has 3 heterocycles. The summed E-state index contributed by atoms with van der Waals surface area (Å²) in [5.41, 5.74) is 0.113. The Labute approximate surface area is 225 Å². The van der Waals surface area contributed by atoms with Gasteiger partial charge in [0, 0.05) is 35.2 Å². The summed E-state index contributed by atoms with van der Waals surface area (Å²) in [5.74, 6) is -0.576. The lowest BCUT2D eigenvalue weighted by molar-refractivity contribution is -0.169. The Morgan fingerprint density at radius 1 is 1.11 bits per heavy atom. The second kappa shape index (κ2) is 11.3. The van der Waals surface area contributed by atoms with Gasteiger partial charge in [-0.25, -0.2) is 4.79 Å². The molecule has 1 fully saturated rings. The molecule has 1 N–H and O–H groups in total. The van der Waals surface area contributed by atoms with E-state index >= 15 is 0 Å². The molecule has 4 aromatic rings. The molecule has 8 heteroatoms. The van der Waals surface area contributed by atoms with Crippen molar-refractivity contribution in [1.29, 1.82) is 0 Å². The summed E-state index contributed by atoms with van der Waals surface area (Å²) in [6.07, 6.45) is 7.35. The van der Waals surface area contributed by atoms with Crippen LogP contribution in [0.25, 0.3) is 10.9 Å². The lowest BCUT2D eigenvalue weighted by Gasteiger charge is -2.35. The van der Waals surface area contributed by atoms with Crippen LogP contribution in [0, 0.1) is 0 Å². The van der Waals surface area contributed by atoms with Crippen LogP contribution < -0.4 is 0 Å². The Bertz CT molecular complexity index is 1290. The van der Waals surface area contributed by atoms with Crippen LogP contribution in [0.15, 0.2) is 65.5 Å². The Balaban J connectivity index is 1.11. The third-order valence-electron chi connectivity index (χ3n) is 7.43. The predicted octanol–water partition coefficient (Wildman–Crippen LogP) is 5.69. The zero-order valence-electron chi connectivity index (χ0n) is 20.9. The summed E-state index contributed by atoms with van der Waals surface area (Å²) < 4.78 is 8.15. The molecule has 0 bridgehead atoms. The molecule has 0 spiro atoms. The number of rotatable bonds is 10. The highest BCUT2D eigenvalue weighted by atomic mass is 32.1. The normalized spacial score (nSPS) is 18.4. The maximum absolute atomic E-state index is 13.2. The second-order valence-electron chi connectivity index (χ2n) is 9.78. The zero-order chi connectivity index (χ0) is 25.8. The van der Waals surface area contributed by atoms with Gasteiger partial charge in [-0.15, -0.1) is 22.7 Å².